The van der Waals surface area contributed by atoms with Crippen molar-refractivity contribution in [2.75, 3.05) is 54.5 Å². The number of para-hydroxylation sites is 1. The fraction of sp³-hybridized carbons (Fsp3) is 0.424. The zero-order valence-electron chi connectivity index (χ0n) is 92.8. The van der Waals surface area contributed by atoms with E-state index in [1.165, 1.54) is 111 Å². The number of hydrogen-bond acceptors (Lipinski definition) is 6. The van der Waals surface area contributed by atoms with Crippen LogP contribution in [0.5, 0.6) is 28.7 Å². The number of nitrogens with zero attached hydrogens (tertiary/aromatic N) is 1. The lowest BCUT2D eigenvalue weighted by atomic mass is 10.0. The third kappa shape index (κ3) is 30.5. The quantitative estimate of drug-likeness (QED) is 0.0798. The van der Waals surface area contributed by atoms with Gasteiger partial charge < -0.3 is 28.6 Å². The summed E-state index contributed by atoms with van der Waals surface area (Å²) in [5.41, 5.74) is 23.6. The van der Waals surface area contributed by atoms with Crippen molar-refractivity contribution in [2.24, 2.45) is 0 Å². The maximum absolute atomic E-state index is 5.69. The van der Waals surface area contributed by atoms with Crippen molar-refractivity contribution in [2.45, 2.75) is 303 Å². The number of ether oxygens (including phenoxy) is 5. The van der Waals surface area contributed by atoms with Crippen molar-refractivity contribution in [1.82, 2.24) is 0 Å². The summed E-state index contributed by atoms with van der Waals surface area (Å²) in [5, 5.41) is 15.0. The van der Waals surface area contributed by atoms with Crippen molar-refractivity contribution in [1.29, 1.82) is 0 Å². The molecule has 0 unspecified atom stereocenters. The van der Waals surface area contributed by atoms with E-state index in [0.29, 0.717) is 10.3 Å². The van der Waals surface area contributed by atoms with E-state index >= 15 is 0 Å². The van der Waals surface area contributed by atoms with Gasteiger partial charge in [0.2, 0.25) is 0 Å². The van der Waals surface area contributed by atoms with Gasteiger partial charge in [-0.2, -0.15) is 0 Å². The highest BCUT2D eigenvalue weighted by molar-refractivity contribution is 7.76. The fourth-order valence-corrected chi connectivity index (χ4v) is 42.2. The summed E-state index contributed by atoms with van der Waals surface area (Å²) >= 11 is 0. The second-order valence-electron chi connectivity index (χ2n) is 45.6. The molecule has 12 rings (SSSR count). The summed E-state index contributed by atoms with van der Waals surface area (Å²) in [6.07, 6.45) is 0. The van der Waals surface area contributed by atoms with E-state index in [4.69, 9.17) is 23.7 Å². The molecule has 0 bridgehead atoms. The Kier molecular flexibility index (Phi) is 41.2. The van der Waals surface area contributed by atoms with Gasteiger partial charge in [-0.15, -0.1) is 0 Å². The number of rotatable bonds is 18. The molecule has 0 aliphatic carbocycles. The lowest BCUT2D eigenvalue weighted by Crippen LogP contribution is -2.32. The van der Waals surface area contributed by atoms with Crippen LogP contribution in [0.15, 0.2) is 249 Å². The maximum atomic E-state index is 5.69. The third-order valence-corrected chi connectivity index (χ3v) is 45.0. The van der Waals surface area contributed by atoms with E-state index in [2.05, 4.69) is 475 Å². The summed E-state index contributed by atoms with van der Waals surface area (Å²) < 4.78 is 28.0. The van der Waals surface area contributed by atoms with Crippen molar-refractivity contribution >= 4 is 101 Å². The average molecular weight is 1960 g/mol. The highest BCUT2D eigenvalue weighted by Gasteiger charge is 2.42. The van der Waals surface area contributed by atoms with Gasteiger partial charge in [-0.1, -0.05) is 428 Å². The van der Waals surface area contributed by atoms with Gasteiger partial charge in [0.05, 0.1) is 46.2 Å². The minimum atomic E-state index is -0.898. The number of aryl methyl sites for hydroxylation is 10. The molecule has 0 amide bonds. The van der Waals surface area contributed by atoms with Crippen LogP contribution in [0.1, 0.15) is 243 Å². The van der Waals surface area contributed by atoms with E-state index in [9.17, 15) is 0 Å². The summed E-state index contributed by atoms with van der Waals surface area (Å²) in [6, 6.07) is 89.4. The van der Waals surface area contributed by atoms with Crippen LogP contribution in [0.25, 0.3) is 33.4 Å². The lowest BCUT2D eigenvalue weighted by Gasteiger charge is -2.43. The number of benzene rings is 12. The molecule has 12 aromatic carbocycles. The molecular formula is C125H173NO5P6. The molecule has 6 nitrogen and oxygen atoms in total. The maximum Gasteiger partial charge on any atom is 0.130 e. The molecule has 0 saturated heterocycles. The first kappa shape index (κ1) is 116. The summed E-state index contributed by atoms with van der Waals surface area (Å²) in [5.74, 6) is 4.16. The Bertz CT molecular complexity index is 5570. The predicted molar refractivity (Wildman–Crippen MR) is 625 cm³/mol. The number of anilines is 1. The number of methoxy groups -OCH3 is 5. The zero-order valence-corrected chi connectivity index (χ0v) is 98.2. The molecule has 0 aliphatic rings. The minimum Gasteiger partial charge on any atom is -0.497 e. The second kappa shape index (κ2) is 48.7. The van der Waals surface area contributed by atoms with E-state index in [0.717, 1.165) is 39.4 Å². The zero-order chi connectivity index (χ0) is 103. The fourth-order valence-electron chi connectivity index (χ4n) is 20.2. The normalized spacial score (nSPS) is 12.2. The third-order valence-electron chi connectivity index (χ3n) is 23.9. The molecule has 12 aromatic rings. The van der Waals surface area contributed by atoms with Crippen molar-refractivity contribution in [3.63, 3.8) is 0 Å². The molecule has 0 N–H and O–H groups in total. The van der Waals surface area contributed by atoms with Gasteiger partial charge in [0, 0.05) is 25.3 Å². The van der Waals surface area contributed by atoms with E-state index in [-0.39, 0.29) is 67.8 Å². The van der Waals surface area contributed by atoms with Gasteiger partial charge in [-0.25, -0.2) is 0 Å². The van der Waals surface area contributed by atoms with E-state index in [1.54, 1.807) is 56.8 Å². The van der Waals surface area contributed by atoms with Crippen molar-refractivity contribution < 1.29 is 23.7 Å². The van der Waals surface area contributed by atoms with Crippen LogP contribution in [0.4, 0.5) is 5.69 Å². The van der Waals surface area contributed by atoms with Gasteiger partial charge in [-0.05, 0) is 291 Å². The van der Waals surface area contributed by atoms with Crippen LogP contribution in [-0.2, 0) is 0 Å². The van der Waals surface area contributed by atoms with Crippen LogP contribution < -0.4 is 76.3 Å². The molecule has 0 spiro atoms. The Labute approximate surface area is 842 Å². The molecular weight excluding hydrogens is 1780 g/mol. The van der Waals surface area contributed by atoms with Crippen LogP contribution >= 0.6 is 47.5 Å². The van der Waals surface area contributed by atoms with Gasteiger partial charge in [-0.3, -0.25) is 0 Å². The topological polar surface area (TPSA) is 49.4 Å². The molecule has 0 heterocycles. The Morgan fingerprint density at radius 1 is 0.204 bits per heavy atom. The summed E-state index contributed by atoms with van der Waals surface area (Å²) in [6.45, 7) is 86.4. The van der Waals surface area contributed by atoms with Gasteiger partial charge >= 0.3 is 0 Å². The first-order valence-corrected chi connectivity index (χ1v) is 56.8. The molecule has 12 heteroatoms. The second-order valence-corrected chi connectivity index (χ2v) is 65.8. The Morgan fingerprint density at radius 2 is 0.438 bits per heavy atom. The van der Waals surface area contributed by atoms with Crippen LogP contribution in [0, 0.1) is 69.2 Å². The monoisotopic (exact) mass is 1950 g/mol. The highest BCUT2D eigenvalue weighted by atomic mass is 31.1. The number of hydrogen-bond donors (Lipinski definition) is 0. The van der Waals surface area contributed by atoms with E-state index < -0.39 is 15.8 Å². The molecule has 0 fully saturated rings. The minimum absolute atomic E-state index is 0.0703. The standard InChI is InChI=1S/C22H32NP.C22H31P.C21H29OP.C20H27O4P.2C20H27P/c1-21(2,3)24(22(4,5)6)20-16-12-10-14-18(20)17-13-9-11-15-19(17)23(7)8;1-14-10-16(3)20(17(4)11-14)23(22(7,8)9)21-18(5)12-15(2)13-19(21)6;1-20(2,3)23(21(4,5)6)19-11-9-8-10-18(19)16-12-14-17(22-7)15-13-16;1-20(2,3)25(18-14(21-4)10-8-11-15(18)22-5)19-16(23-6)12-9-13-17(19)24-7;1-14-10-8-11-15(2)18(14)21(20(5,6)7)19-16(3)12-9-13-17(19)4;1-19(2,3)21(20(4,5)6)18-15-11-10-14-17(18)16-12-8-7-9-13-16/h9-16H,1-8H3;10-13H,1-9H3;8-15H,1-7H3;8-13H,1-7H3;8-13H,1-7H3;7-15H,1-6H3. The lowest BCUT2D eigenvalue weighted by molar-refractivity contribution is 0.399. The van der Waals surface area contributed by atoms with E-state index in [1.807, 2.05) is 48.5 Å². The van der Waals surface area contributed by atoms with Crippen molar-refractivity contribution in [3.05, 3.63) is 304 Å². The van der Waals surface area contributed by atoms with Crippen LogP contribution in [-0.4, -0.2) is 96.0 Å². The van der Waals surface area contributed by atoms with Crippen molar-refractivity contribution in [3.8, 4) is 62.1 Å². The molecule has 0 radical (unpaired) electrons. The van der Waals surface area contributed by atoms with Gasteiger partial charge in [0.25, 0.3) is 0 Å². The Hall–Kier alpha value is -7.98. The van der Waals surface area contributed by atoms with Crippen LogP contribution in [0.3, 0.4) is 0 Å². The first-order chi connectivity index (χ1) is 63.5. The predicted octanol–water partition coefficient (Wildman–Crippen LogP) is 33.1. The molecule has 0 saturated carbocycles. The SMILES string of the molecule is CC(C)(C)P(c1ccccc1-c1ccccc1)C(C)(C)C.CN(C)c1ccccc1-c1ccccc1P(C(C)(C)C)C(C)(C)C.COc1ccc(-c2ccccc2P(C(C)(C)C)C(C)(C)C)cc1.COc1cccc(OC)c1P(c1c(OC)cccc1OC)C(C)(C)C.Cc1cc(C)c(P(c2c(C)cc(C)cc2C)C(C)(C)C)c(C)c1.Cc1cccc(C)c1P(c1c(C)cccc1C)C(C)(C)C. The molecule has 0 atom stereocenters. The molecule has 738 valence electrons. The first-order valence-electron chi connectivity index (χ1n) is 48.8. The smallest absolute Gasteiger partial charge is 0.130 e. The Morgan fingerprint density at radius 3 is 0.708 bits per heavy atom. The molecule has 0 aromatic heterocycles. The Balaban J connectivity index is 0.000000224. The highest BCUT2D eigenvalue weighted by Crippen LogP contribution is 2.63. The van der Waals surface area contributed by atoms with Crippen LogP contribution in [0.2, 0.25) is 0 Å². The summed E-state index contributed by atoms with van der Waals surface area (Å²) in [7, 11) is 10.1. The molecule has 0 aliphatic heterocycles. The van der Waals surface area contributed by atoms with Gasteiger partial charge in [0.15, 0.2) is 0 Å². The molecule has 137 heavy (non-hydrogen) atoms. The largest absolute Gasteiger partial charge is 0.497 e. The summed E-state index contributed by atoms with van der Waals surface area (Å²) in [4.78, 5) is 2.21. The van der Waals surface area contributed by atoms with Gasteiger partial charge in [0.1, 0.15) is 28.7 Å². The average Bonchev–Trinajstić information content (AvgIpc) is 0.738.